The molecule has 30 heavy (non-hydrogen) atoms. The first-order chi connectivity index (χ1) is 14.6. The molecular formula is C22H23ClN4O2S. The Balaban J connectivity index is 1.70. The van der Waals surface area contributed by atoms with Crippen molar-refractivity contribution in [2.75, 3.05) is 25.2 Å². The number of rotatable bonds is 7. The molecule has 2 unspecified atom stereocenters. The third-order valence-electron chi connectivity index (χ3n) is 5.03. The lowest BCUT2D eigenvalue weighted by molar-refractivity contribution is 0.146. The predicted octanol–water partition coefficient (Wildman–Crippen LogP) is 4.28. The monoisotopic (exact) mass is 442 g/mol. The number of aromatic nitrogens is 2. The number of hydrogen-bond donors (Lipinski definition) is 1. The van der Waals surface area contributed by atoms with Crippen LogP contribution in [0.15, 0.2) is 61.1 Å². The summed E-state index contributed by atoms with van der Waals surface area (Å²) in [6.07, 6.45) is 5.94. The molecule has 6 nitrogen and oxygen atoms in total. The van der Waals surface area contributed by atoms with Gasteiger partial charge in [-0.2, -0.15) is 0 Å². The van der Waals surface area contributed by atoms with Gasteiger partial charge in [-0.1, -0.05) is 17.7 Å². The van der Waals surface area contributed by atoms with Crippen molar-refractivity contribution in [1.29, 1.82) is 0 Å². The highest BCUT2D eigenvalue weighted by molar-refractivity contribution is 7.80. The number of halogens is 1. The number of pyridine rings is 1. The van der Waals surface area contributed by atoms with Crippen LogP contribution in [0.3, 0.4) is 0 Å². The molecule has 0 saturated carbocycles. The zero-order chi connectivity index (χ0) is 21.1. The molecule has 4 rings (SSSR count). The number of methoxy groups -OCH3 is 1. The van der Waals surface area contributed by atoms with Crippen LogP contribution < -0.4 is 15.0 Å². The third kappa shape index (κ3) is 4.14. The van der Waals surface area contributed by atoms with Gasteiger partial charge in [0.05, 0.1) is 29.4 Å². The minimum atomic E-state index is -0.0856. The molecule has 2 aromatic heterocycles. The number of benzene rings is 1. The largest absolute Gasteiger partial charge is 0.490 e. The molecule has 0 spiro atoms. The lowest BCUT2D eigenvalue weighted by Crippen LogP contribution is -2.29. The Morgan fingerprint density at radius 2 is 2.07 bits per heavy atom. The summed E-state index contributed by atoms with van der Waals surface area (Å²) in [7, 11) is 3.64. The van der Waals surface area contributed by atoms with E-state index in [9.17, 15) is 0 Å². The second-order valence-electron chi connectivity index (χ2n) is 7.06. The minimum Gasteiger partial charge on any atom is -0.490 e. The van der Waals surface area contributed by atoms with Gasteiger partial charge < -0.3 is 24.3 Å². The van der Waals surface area contributed by atoms with Crippen molar-refractivity contribution in [3.63, 3.8) is 0 Å². The van der Waals surface area contributed by atoms with Crippen molar-refractivity contribution in [1.82, 2.24) is 14.9 Å². The number of hydrogen-bond acceptors (Lipinski definition) is 4. The molecule has 0 bridgehead atoms. The number of nitrogens with zero attached hydrogens (tertiary/aromatic N) is 3. The standard InChI is InChI=1S/C22H23ClN4O2S/c1-26-10-8-15(14-26)21-20(18-5-3-4-9-24-18)25-22(30)27(21)16-6-7-19(17(23)13-16)29-12-11-28-2/h3-10,13-14,20-21H,11-12H2,1-2H3,(H,25,30). The average molecular weight is 443 g/mol. The first-order valence-corrected chi connectivity index (χ1v) is 10.4. The van der Waals surface area contributed by atoms with E-state index in [1.54, 1.807) is 13.3 Å². The van der Waals surface area contributed by atoms with Gasteiger partial charge in [0.25, 0.3) is 0 Å². The molecule has 1 aromatic carbocycles. The van der Waals surface area contributed by atoms with E-state index >= 15 is 0 Å². The summed E-state index contributed by atoms with van der Waals surface area (Å²) in [5.41, 5.74) is 2.96. The first kappa shape index (κ1) is 20.7. The molecule has 0 amide bonds. The van der Waals surface area contributed by atoms with E-state index in [4.69, 9.17) is 33.3 Å². The number of ether oxygens (including phenoxy) is 2. The van der Waals surface area contributed by atoms with Gasteiger partial charge in [0, 0.05) is 38.4 Å². The molecule has 3 aromatic rings. The van der Waals surface area contributed by atoms with E-state index in [0.717, 1.165) is 16.9 Å². The summed E-state index contributed by atoms with van der Waals surface area (Å²) in [5, 5.41) is 4.60. The minimum absolute atomic E-state index is 0.0649. The second-order valence-corrected chi connectivity index (χ2v) is 7.86. The SMILES string of the molecule is COCCOc1ccc(N2C(=S)NC(c3ccccn3)C2c2ccn(C)c2)cc1Cl. The van der Waals surface area contributed by atoms with Crippen LogP contribution in [0, 0.1) is 0 Å². The zero-order valence-corrected chi connectivity index (χ0v) is 18.4. The highest BCUT2D eigenvalue weighted by Crippen LogP contribution is 2.43. The van der Waals surface area contributed by atoms with Crippen molar-refractivity contribution in [3.05, 3.63) is 77.3 Å². The summed E-state index contributed by atoms with van der Waals surface area (Å²) in [5.74, 6) is 0.619. The van der Waals surface area contributed by atoms with Crippen LogP contribution in [0.1, 0.15) is 23.3 Å². The van der Waals surface area contributed by atoms with Crippen LogP contribution in [-0.4, -0.2) is 35.0 Å². The number of anilines is 1. The Labute approximate surface area is 186 Å². The van der Waals surface area contributed by atoms with Crippen molar-refractivity contribution in [3.8, 4) is 5.75 Å². The second kappa shape index (κ2) is 9.04. The highest BCUT2D eigenvalue weighted by Gasteiger charge is 2.41. The van der Waals surface area contributed by atoms with E-state index in [1.165, 1.54) is 0 Å². The number of nitrogens with one attached hydrogen (secondary N) is 1. The van der Waals surface area contributed by atoms with Crippen LogP contribution in [0.25, 0.3) is 0 Å². The predicted molar refractivity (Wildman–Crippen MR) is 122 cm³/mol. The van der Waals surface area contributed by atoms with Crippen molar-refractivity contribution < 1.29 is 9.47 Å². The van der Waals surface area contributed by atoms with Gasteiger partial charge in [-0.25, -0.2) is 0 Å². The van der Waals surface area contributed by atoms with Crippen molar-refractivity contribution in [2.45, 2.75) is 12.1 Å². The molecule has 1 saturated heterocycles. The Morgan fingerprint density at radius 3 is 2.73 bits per heavy atom. The summed E-state index contributed by atoms with van der Waals surface area (Å²) in [6, 6.07) is 13.6. The maximum Gasteiger partial charge on any atom is 0.174 e. The van der Waals surface area contributed by atoms with E-state index in [0.29, 0.717) is 29.1 Å². The Hall–Kier alpha value is -2.61. The Morgan fingerprint density at radius 1 is 1.20 bits per heavy atom. The maximum absolute atomic E-state index is 6.51. The molecule has 1 N–H and O–H groups in total. The topological polar surface area (TPSA) is 51.6 Å². The average Bonchev–Trinajstić information content (AvgIpc) is 3.33. The van der Waals surface area contributed by atoms with Gasteiger partial charge in [-0.05, 0) is 54.2 Å². The molecule has 2 atom stereocenters. The smallest absolute Gasteiger partial charge is 0.174 e. The summed E-state index contributed by atoms with van der Waals surface area (Å²) < 4.78 is 12.8. The maximum atomic E-state index is 6.51. The molecule has 1 fully saturated rings. The van der Waals surface area contributed by atoms with E-state index < -0.39 is 0 Å². The van der Waals surface area contributed by atoms with E-state index in [1.807, 2.05) is 54.2 Å². The Bertz CT molecular complexity index is 1030. The van der Waals surface area contributed by atoms with E-state index in [2.05, 4.69) is 27.5 Å². The molecule has 3 heterocycles. The summed E-state index contributed by atoms with van der Waals surface area (Å²) in [4.78, 5) is 6.66. The molecule has 8 heteroatoms. The van der Waals surface area contributed by atoms with Crippen LogP contribution in [0.4, 0.5) is 5.69 Å². The highest BCUT2D eigenvalue weighted by atomic mass is 35.5. The van der Waals surface area contributed by atoms with Gasteiger partial charge in [0.15, 0.2) is 5.11 Å². The van der Waals surface area contributed by atoms with Crippen molar-refractivity contribution in [2.24, 2.45) is 7.05 Å². The van der Waals surface area contributed by atoms with Crippen LogP contribution >= 0.6 is 23.8 Å². The molecule has 1 aliphatic rings. The molecule has 0 radical (unpaired) electrons. The number of aryl methyl sites for hydroxylation is 1. The van der Waals surface area contributed by atoms with Gasteiger partial charge >= 0.3 is 0 Å². The first-order valence-electron chi connectivity index (χ1n) is 9.62. The lowest BCUT2D eigenvalue weighted by atomic mass is 9.98. The van der Waals surface area contributed by atoms with E-state index in [-0.39, 0.29) is 12.1 Å². The van der Waals surface area contributed by atoms with Gasteiger partial charge in [-0.3, -0.25) is 4.98 Å². The summed E-state index contributed by atoms with van der Waals surface area (Å²) >= 11 is 12.2. The van der Waals surface area contributed by atoms with Gasteiger partial charge in [0.2, 0.25) is 0 Å². The zero-order valence-electron chi connectivity index (χ0n) is 16.8. The van der Waals surface area contributed by atoms with Crippen LogP contribution in [0.2, 0.25) is 5.02 Å². The molecular weight excluding hydrogens is 420 g/mol. The fourth-order valence-electron chi connectivity index (χ4n) is 3.66. The van der Waals surface area contributed by atoms with Gasteiger partial charge in [0.1, 0.15) is 12.4 Å². The Kier molecular flexibility index (Phi) is 6.22. The normalized spacial score (nSPS) is 18.5. The van der Waals surface area contributed by atoms with Crippen molar-refractivity contribution >= 4 is 34.6 Å². The lowest BCUT2D eigenvalue weighted by Gasteiger charge is -2.27. The van der Waals surface area contributed by atoms with Gasteiger partial charge in [-0.15, -0.1) is 0 Å². The fourth-order valence-corrected chi connectivity index (χ4v) is 4.24. The quantitative estimate of drug-likeness (QED) is 0.435. The summed E-state index contributed by atoms with van der Waals surface area (Å²) in [6.45, 7) is 0.938. The molecule has 0 aliphatic carbocycles. The van der Waals surface area contributed by atoms with Crippen LogP contribution in [-0.2, 0) is 11.8 Å². The fraction of sp³-hybridized carbons (Fsp3) is 0.273. The third-order valence-corrected chi connectivity index (χ3v) is 5.64. The molecule has 1 aliphatic heterocycles. The number of thiocarbonyl (C=S) groups is 1. The van der Waals surface area contributed by atoms with Crippen LogP contribution in [0.5, 0.6) is 5.75 Å². The molecule has 156 valence electrons.